The summed E-state index contributed by atoms with van der Waals surface area (Å²) >= 11 is 5.63. The number of nitrogens with zero attached hydrogens (tertiary/aromatic N) is 4. The predicted molar refractivity (Wildman–Crippen MR) is 130 cm³/mol. The van der Waals surface area contributed by atoms with Gasteiger partial charge in [-0.05, 0) is 70.0 Å². The standard InChI is InChI=1S/C23H38N6S/c1-17-9-8-13-28(16-17)20-15-21(29-14-7-6-10-18(29)2)26-22(25-20)27-23(30)24-19-11-4-3-5-12-19/h15,17-19H,3-14,16H2,1-2H3,(H2,24,25,26,27,30)/t17-,18+/m1/s1. The zero-order chi connectivity index (χ0) is 20.9. The molecule has 2 atom stereocenters. The molecule has 0 spiro atoms. The molecule has 2 N–H and O–H groups in total. The molecule has 0 aromatic carbocycles. The second-order valence-corrected chi connectivity index (χ2v) is 9.98. The van der Waals surface area contributed by atoms with E-state index in [1.54, 1.807) is 0 Å². The Morgan fingerprint density at radius 2 is 1.70 bits per heavy atom. The minimum absolute atomic E-state index is 0.478. The highest BCUT2D eigenvalue weighted by molar-refractivity contribution is 7.80. The van der Waals surface area contributed by atoms with Gasteiger partial charge in [0, 0.05) is 37.8 Å². The van der Waals surface area contributed by atoms with E-state index in [2.05, 4.69) is 40.3 Å². The van der Waals surface area contributed by atoms with E-state index in [-0.39, 0.29) is 0 Å². The Kier molecular flexibility index (Phi) is 7.28. The second kappa shape index (κ2) is 10.1. The van der Waals surface area contributed by atoms with E-state index in [1.165, 1.54) is 64.2 Å². The average Bonchev–Trinajstić information content (AvgIpc) is 2.74. The molecular formula is C23H38N6S. The van der Waals surface area contributed by atoms with E-state index in [4.69, 9.17) is 22.2 Å². The van der Waals surface area contributed by atoms with Crippen molar-refractivity contribution in [3.05, 3.63) is 6.07 Å². The van der Waals surface area contributed by atoms with Gasteiger partial charge < -0.3 is 20.4 Å². The molecule has 3 aliphatic rings. The van der Waals surface area contributed by atoms with Crippen molar-refractivity contribution in [1.29, 1.82) is 0 Å². The van der Waals surface area contributed by atoms with Crippen LogP contribution in [0.3, 0.4) is 0 Å². The first-order valence-electron chi connectivity index (χ1n) is 12.1. The molecule has 4 rings (SSSR count). The molecule has 1 aromatic heterocycles. The number of nitrogens with one attached hydrogen (secondary N) is 2. The van der Waals surface area contributed by atoms with Gasteiger partial charge in [0.2, 0.25) is 5.95 Å². The van der Waals surface area contributed by atoms with Crippen molar-refractivity contribution in [2.75, 3.05) is 34.8 Å². The van der Waals surface area contributed by atoms with Crippen LogP contribution in [0.2, 0.25) is 0 Å². The van der Waals surface area contributed by atoms with Crippen LogP contribution >= 0.6 is 12.2 Å². The second-order valence-electron chi connectivity index (χ2n) is 9.57. The lowest BCUT2D eigenvalue weighted by Gasteiger charge is -2.36. The molecule has 0 amide bonds. The largest absolute Gasteiger partial charge is 0.360 e. The molecule has 3 heterocycles. The Balaban J connectivity index is 1.53. The van der Waals surface area contributed by atoms with E-state index in [0.29, 0.717) is 29.1 Å². The fraction of sp³-hybridized carbons (Fsp3) is 0.783. The Labute approximate surface area is 187 Å². The molecule has 0 radical (unpaired) electrons. The summed E-state index contributed by atoms with van der Waals surface area (Å²) in [7, 11) is 0. The van der Waals surface area contributed by atoms with Crippen LogP contribution in [0.4, 0.5) is 17.6 Å². The Bertz CT molecular complexity index is 720. The minimum atomic E-state index is 0.478. The number of hydrogen-bond donors (Lipinski definition) is 2. The number of rotatable bonds is 4. The van der Waals surface area contributed by atoms with Crippen LogP contribution in [0.25, 0.3) is 0 Å². The van der Waals surface area contributed by atoms with Crippen LogP contribution in [0.5, 0.6) is 0 Å². The van der Waals surface area contributed by atoms with Crippen LogP contribution in [-0.4, -0.2) is 46.8 Å². The first-order valence-corrected chi connectivity index (χ1v) is 12.5. The molecule has 2 aliphatic heterocycles. The molecule has 0 bridgehead atoms. The van der Waals surface area contributed by atoms with Gasteiger partial charge in [0.15, 0.2) is 5.11 Å². The highest BCUT2D eigenvalue weighted by Crippen LogP contribution is 2.29. The molecule has 7 heteroatoms. The lowest BCUT2D eigenvalue weighted by Crippen LogP contribution is -2.40. The Morgan fingerprint density at radius 1 is 0.933 bits per heavy atom. The van der Waals surface area contributed by atoms with Crippen LogP contribution < -0.4 is 20.4 Å². The number of piperidine rings is 2. The third kappa shape index (κ3) is 5.54. The molecular weight excluding hydrogens is 392 g/mol. The van der Waals surface area contributed by atoms with Gasteiger partial charge in [-0.25, -0.2) is 0 Å². The van der Waals surface area contributed by atoms with Gasteiger partial charge in [0.25, 0.3) is 0 Å². The number of thiocarbonyl (C=S) groups is 1. The van der Waals surface area contributed by atoms with E-state index in [0.717, 1.165) is 31.3 Å². The molecule has 1 saturated carbocycles. The fourth-order valence-electron chi connectivity index (χ4n) is 5.19. The summed E-state index contributed by atoms with van der Waals surface area (Å²) in [6, 6.07) is 3.19. The van der Waals surface area contributed by atoms with Crippen LogP contribution in [0.1, 0.15) is 78.1 Å². The van der Waals surface area contributed by atoms with Crippen molar-refractivity contribution in [3.63, 3.8) is 0 Å². The van der Waals surface area contributed by atoms with Crippen molar-refractivity contribution in [2.45, 2.75) is 90.1 Å². The molecule has 166 valence electrons. The van der Waals surface area contributed by atoms with Gasteiger partial charge in [-0.1, -0.05) is 26.2 Å². The molecule has 6 nitrogen and oxygen atoms in total. The van der Waals surface area contributed by atoms with Gasteiger partial charge in [0.1, 0.15) is 11.6 Å². The highest BCUT2D eigenvalue weighted by Gasteiger charge is 2.24. The van der Waals surface area contributed by atoms with Crippen LogP contribution in [-0.2, 0) is 0 Å². The summed E-state index contributed by atoms with van der Waals surface area (Å²) in [6.07, 6.45) is 12.6. The maximum absolute atomic E-state index is 5.63. The van der Waals surface area contributed by atoms with E-state index < -0.39 is 0 Å². The third-order valence-corrected chi connectivity index (χ3v) is 7.16. The topological polar surface area (TPSA) is 56.3 Å². The maximum Gasteiger partial charge on any atom is 0.232 e. The smallest absolute Gasteiger partial charge is 0.232 e. The summed E-state index contributed by atoms with van der Waals surface area (Å²) in [4.78, 5) is 14.7. The van der Waals surface area contributed by atoms with Crippen LogP contribution in [0.15, 0.2) is 6.07 Å². The van der Waals surface area contributed by atoms with Gasteiger partial charge >= 0.3 is 0 Å². The van der Waals surface area contributed by atoms with Crippen LogP contribution in [0, 0.1) is 5.92 Å². The summed E-state index contributed by atoms with van der Waals surface area (Å²) in [6.45, 7) is 7.85. The maximum atomic E-state index is 5.63. The Morgan fingerprint density at radius 3 is 2.47 bits per heavy atom. The summed E-state index contributed by atoms with van der Waals surface area (Å²) in [5, 5.41) is 7.47. The Hall–Kier alpha value is -1.63. The summed E-state index contributed by atoms with van der Waals surface area (Å²) < 4.78 is 0. The van der Waals surface area contributed by atoms with E-state index in [1.807, 2.05) is 0 Å². The van der Waals surface area contributed by atoms with E-state index in [9.17, 15) is 0 Å². The predicted octanol–water partition coefficient (Wildman–Crippen LogP) is 4.71. The monoisotopic (exact) mass is 430 g/mol. The van der Waals surface area contributed by atoms with Crippen molar-refractivity contribution in [2.24, 2.45) is 5.92 Å². The lowest BCUT2D eigenvalue weighted by atomic mass is 9.96. The quantitative estimate of drug-likeness (QED) is 0.671. The van der Waals surface area contributed by atoms with Crippen molar-refractivity contribution in [3.8, 4) is 0 Å². The highest BCUT2D eigenvalue weighted by atomic mass is 32.1. The first-order chi connectivity index (χ1) is 14.6. The van der Waals surface area contributed by atoms with Gasteiger partial charge in [-0.15, -0.1) is 0 Å². The average molecular weight is 431 g/mol. The molecule has 1 aliphatic carbocycles. The molecule has 1 aromatic rings. The molecule has 30 heavy (non-hydrogen) atoms. The number of anilines is 3. The van der Waals surface area contributed by atoms with E-state index >= 15 is 0 Å². The van der Waals surface area contributed by atoms with Crippen molar-refractivity contribution in [1.82, 2.24) is 15.3 Å². The van der Waals surface area contributed by atoms with Crippen molar-refractivity contribution < 1.29 is 0 Å². The zero-order valence-electron chi connectivity index (χ0n) is 18.7. The number of hydrogen-bond acceptors (Lipinski definition) is 5. The van der Waals surface area contributed by atoms with Gasteiger partial charge in [0.05, 0.1) is 0 Å². The zero-order valence-corrected chi connectivity index (χ0v) is 19.5. The summed E-state index contributed by atoms with van der Waals surface area (Å²) in [5.41, 5.74) is 0. The SMILES string of the molecule is C[C@@H]1CCCN(c2cc(N3CCCC[C@@H]3C)nc(NC(=S)NC3CCCCC3)n2)C1. The molecule has 3 fully saturated rings. The first kappa shape index (κ1) is 21.6. The lowest BCUT2D eigenvalue weighted by molar-refractivity contribution is 0.414. The molecule has 0 unspecified atom stereocenters. The van der Waals surface area contributed by atoms with Gasteiger partial charge in [-0.3, -0.25) is 0 Å². The molecule has 2 saturated heterocycles. The van der Waals surface area contributed by atoms with Gasteiger partial charge in [-0.2, -0.15) is 9.97 Å². The minimum Gasteiger partial charge on any atom is -0.360 e. The third-order valence-electron chi connectivity index (χ3n) is 6.94. The fourth-order valence-corrected chi connectivity index (χ4v) is 5.45. The number of aromatic nitrogens is 2. The summed E-state index contributed by atoms with van der Waals surface area (Å²) in [5.74, 6) is 3.41. The normalized spacial score (nSPS) is 25.8. The van der Waals surface area contributed by atoms with Crippen molar-refractivity contribution >= 4 is 34.9 Å².